The number of ether oxygens (including phenoxy) is 3. The van der Waals surface area contributed by atoms with Crippen molar-refractivity contribution in [1.82, 2.24) is 5.32 Å². The minimum absolute atomic E-state index is 0.148. The molecule has 8 nitrogen and oxygen atoms in total. The third-order valence-corrected chi connectivity index (χ3v) is 7.95. The Bertz CT molecular complexity index is 1360. The number of dihydropyridines is 1. The van der Waals surface area contributed by atoms with Crippen LogP contribution < -0.4 is 15.0 Å². The summed E-state index contributed by atoms with van der Waals surface area (Å²) in [7, 11) is 1.57. The maximum atomic E-state index is 14.5. The Hall–Kier alpha value is -4.07. The van der Waals surface area contributed by atoms with Gasteiger partial charge in [-0.05, 0) is 70.4 Å². The summed E-state index contributed by atoms with van der Waals surface area (Å²) in [5.41, 5.74) is 4.68. The number of methoxy groups -OCH3 is 1. The normalized spacial score (nSPS) is 20.2. The number of rotatable bonds is 10. The summed E-state index contributed by atoms with van der Waals surface area (Å²) in [6.07, 6.45) is 0.367. The van der Waals surface area contributed by atoms with E-state index in [9.17, 15) is 14.4 Å². The molecular formula is C33H40N2O6. The Kier molecular flexibility index (Phi) is 9.53. The van der Waals surface area contributed by atoms with Gasteiger partial charge in [0.15, 0.2) is 5.78 Å². The Morgan fingerprint density at radius 3 is 2.22 bits per heavy atom. The molecule has 0 saturated carbocycles. The Morgan fingerprint density at radius 1 is 0.951 bits per heavy atom. The van der Waals surface area contributed by atoms with Gasteiger partial charge in [-0.2, -0.15) is 0 Å². The molecule has 0 aromatic heterocycles. The highest BCUT2D eigenvalue weighted by molar-refractivity contribution is 6.13. The van der Waals surface area contributed by atoms with Gasteiger partial charge in [-0.3, -0.25) is 9.59 Å². The largest absolute Gasteiger partial charge is 0.496 e. The Morgan fingerprint density at radius 2 is 1.61 bits per heavy atom. The molecule has 3 atom stereocenters. The molecule has 0 unspecified atom stereocenters. The van der Waals surface area contributed by atoms with Gasteiger partial charge in [0.25, 0.3) is 0 Å². The number of benzene rings is 2. The third kappa shape index (κ3) is 5.73. The number of Topliss-reactive ketones (excluding diaryl/α,β-unsaturated/α-hetero) is 1. The van der Waals surface area contributed by atoms with Crippen LogP contribution in [0, 0.1) is 5.92 Å². The van der Waals surface area contributed by atoms with Crippen molar-refractivity contribution < 1.29 is 28.6 Å². The van der Waals surface area contributed by atoms with Gasteiger partial charge in [-0.15, -0.1) is 0 Å². The SMILES string of the molecule is CCOC(=O)C1=C(C)NC2=C(C(=O)[C@@H](C(=O)OCC)[C@@H](c3ccccc3OC)C2)[C@H]1c1ccc(N(CC)CC)cc1. The number of para-hydroxylation sites is 1. The van der Waals surface area contributed by atoms with Crippen molar-refractivity contribution in [2.75, 3.05) is 38.3 Å². The maximum Gasteiger partial charge on any atom is 0.336 e. The molecule has 2 aromatic rings. The zero-order chi connectivity index (χ0) is 29.7. The van der Waals surface area contributed by atoms with E-state index in [1.807, 2.05) is 55.5 Å². The van der Waals surface area contributed by atoms with E-state index in [2.05, 4.69) is 24.1 Å². The van der Waals surface area contributed by atoms with Gasteiger partial charge in [-0.25, -0.2) is 4.79 Å². The molecule has 2 aromatic carbocycles. The van der Waals surface area contributed by atoms with E-state index in [1.165, 1.54) is 0 Å². The smallest absolute Gasteiger partial charge is 0.336 e. The predicted molar refractivity (Wildman–Crippen MR) is 158 cm³/mol. The number of hydrogen-bond donors (Lipinski definition) is 1. The number of carbonyl (C=O) groups excluding carboxylic acids is 3. The first kappa shape index (κ1) is 29.9. The van der Waals surface area contributed by atoms with Gasteiger partial charge in [0.2, 0.25) is 0 Å². The Balaban J connectivity index is 1.90. The number of anilines is 1. The monoisotopic (exact) mass is 560 g/mol. The van der Waals surface area contributed by atoms with Crippen molar-refractivity contribution in [2.24, 2.45) is 5.92 Å². The van der Waals surface area contributed by atoms with E-state index in [0.29, 0.717) is 34.7 Å². The van der Waals surface area contributed by atoms with Gasteiger partial charge >= 0.3 is 11.9 Å². The van der Waals surface area contributed by atoms with Crippen molar-refractivity contribution in [3.8, 4) is 5.75 Å². The number of hydrogen-bond acceptors (Lipinski definition) is 8. The minimum Gasteiger partial charge on any atom is -0.496 e. The van der Waals surface area contributed by atoms with Gasteiger partial charge in [0.1, 0.15) is 11.7 Å². The van der Waals surface area contributed by atoms with Gasteiger partial charge in [-0.1, -0.05) is 30.3 Å². The topological polar surface area (TPSA) is 94.2 Å². The lowest BCUT2D eigenvalue weighted by molar-refractivity contribution is -0.152. The standard InChI is InChI=1S/C33H40N2O6/c1-7-35(8-2)22-17-15-21(16-18-22)28-27(32(37)40-9-3)20(5)34-25-19-24(23-13-11-12-14-26(23)39-6)29(31(36)30(25)28)33(38)41-10-4/h11-18,24,28-29,34H,7-10,19H2,1-6H3/t24-,28+,29+/m1/s1. The summed E-state index contributed by atoms with van der Waals surface area (Å²) in [5.74, 6) is -3.13. The molecule has 1 aliphatic heterocycles. The number of ketones is 1. The van der Waals surface area contributed by atoms with Crippen LogP contribution in [-0.2, 0) is 23.9 Å². The van der Waals surface area contributed by atoms with Crippen molar-refractivity contribution in [2.45, 2.75) is 52.9 Å². The van der Waals surface area contributed by atoms with E-state index >= 15 is 0 Å². The fraction of sp³-hybridized carbons (Fsp3) is 0.424. The highest BCUT2D eigenvalue weighted by Crippen LogP contribution is 2.49. The summed E-state index contributed by atoms with van der Waals surface area (Å²) in [6, 6.07) is 15.4. The first-order valence-corrected chi connectivity index (χ1v) is 14.4. The van der Waals surface area contributed by atoms with Crippen LogP contribution in [0.1, 0.15) is 64.0 Å². The number of nitrogens with zero attached hydrogens (tertiary/aromatic N) is 1. The van der Waals surface area contributed by atoms with Crippen LogP contribution in [0.15, 0.2) is 71.1 Å². The lowest BCUT2D eigenvalue weighted by Gasteiger charge is -2.39. The highest BCUT2D eigenvalue weighted by Gasteiger charge is 2.49. The summed E-state index contributed by atoms with van der Waals surface area (Å²) < 4.78 is 16.5. The second kappa shape index (κ2) is 13.1. The van der Waals surface area contributed by atoms with Gasteiger partial charge < -0.3 is 24.4 Å². The molecule has 4 rings (SSSR count). The van der Waals surface area contributed by atoms with E-state index in [-0.39, 0.29) is 19.0 Å². The number of nitrogens with one attached hydrogen (secondary N) is 1. The molecule has 0 saturated heterocycles. The molecule has 0 amide bonds. The molecule has 2 aliphatic rings. The third-order valence-electron chi connectivity index (χ3n) is 7.95. The second-order valence-corrected chi connectivity index (χ2v) is 10.1. The molecule has 1 aliphatic carbocycles. The average molecular weight is 561 g/mol. The van der Waals surface area contributed by atoms with Gasteiger partial charge in [0.05, 0.1) is 25.9 Å². The summed E-state index contributed by atoms with van der Waals surface area (Å²) in [5, 5.41) is 3.35. The second-order valence-electron chi connectivity index (χ2n) is 10.1. The maximum absolute atomic E-state index is 14.5. The first-order valence-electron chi connectivity index (χ1n) is 14.4. The molecule has 0 bridgehead atoms. The van der Waals surface area contributed by atoms with Crippen LogP contribution in [0.4, 0.5) is 5.69 Å². The van der Waals surface area contributed by atoms with Crippen LogP contribution in [-0.4, -0.2) is 51.1 Å². The fourth-order valence-corrected chi connectivity index (χ4v) is 6.08. The number of carbonyl (C=O) groups is 3. The highest BCUT2D eigenvalue weighted by atomic mass is 16.5. The van der Waals surface area contributed by atoms with Gasteiger partial charge in [0, 0.05) is 47.6 Å². The van der Waals surface area contributed by atoms with Crippen LogP contribution in [0.5, 0.6) is 5.75 Å². The zero-order valence-electron chi connectivity index (χ0n) is 24.8. The lowest BCUT2D eigenvalue weighted by atomic mass is 9.67. The molecule has 41 heavy (non-hydrogen) atoms. The first-order chi connectivity index (χ1) is 19.8. The molecular weight excluding hydrogens is 520 g/mol. The van der Waals surface area contributed by atoms with E-state index in [0.717, 1.165) is 29.9 Å². The van der Waals surface area contributed by atoms with Crippen molar-refractivity contribution in [1.29, 1.82) is 0 Å². The quantitative estimate of drug-likeness (QED) is 0.311. The summed E-state index contributed by atoms with van der Waals surface area (Å²) >= 11 is 0. The lowest BCUT2D eigenvalue weighted by Crippen LogP contribution is -2.43. The van der Waals surface area contributed by atoms with Crippen molar-refractivity contribution in [3.05, 3.63) is 82.2 Å². The molecule has 1 heterocycles. The van der Waals surface area contributed by atoms with Crippen LogP contribution in [0.2, 0.25) is 0 Å². The fourth-order valence-electron chi connectivity index (χ4n) is 6.08. The summed E-state index contributed by atoms with van der Waals surface area (Å²) in [6.45, 7) is 11.6. The molecule has 0 fully saturated rings. The van der Waals surface area contributed by atoms with Crippen molar-refractivity contribution in [3.63, 3.8) is 0 Å². The van der Waals surface area contributed by atoms with Crippen molar-refractivity contribution >= 4 is 23.4 Å². The Labute approximate surface area is 242 Å². The van der Waals surface area contributed by atoms with Crippen LogP contribution in [0.25, 0.3) is 0 Å². The van der Waals surface area contributed by atoms with E-state index in [1.54, 1.807) is 21.0 Å². The van der Waals surface area contributed by atoms with Crippen LogP contribution in [0.3, 0.4) is 0 Å². The minimum atomic E-state index is -1.09. The molecule has 0 spiro atoms. The van der Waals surface area contributed by atoms with E-state index < -0.39 is 29.7 Å². The molecule has 1 N–H and O–H groups in total. The number of allylic oxidation sites excluding steroid dienone is 3. The molecule has 0 radical (unpaired) electrons. The predicted octanol–water partition coefficient (Wildman–Crippen LogP) is 5.26. The summed E-state index contributed by atoms with van der Waals surface area (Å²) in [4.78, 5) is 43.5. The average Bonchev–Trinajstić information content (AvgIpc) is 2.97. The molecule has 218 valence electrons. The number of esters is 2. The molecule has 8 heteroatoms. The van der Waals surface area contributed by atoms with Crippen LogP contribution >= 0.6 is 0 Å². The zero-order valence-corrected chi connectivity index (χ0v) is 24.8. The van der Waals surface area contributed by atoms with E-state index in [4.69, 9.17) is 14.2 Å².